The van der Waals surface area contributed by atoms with Crippen LogP contribution in [0.5, 0.6) is 5.75 Å². The zero-order valence-electron chi connectivity index (χ0n) is 9.85. The molecule has 0 fully saturated rings. The summed E-state index contributed by atoms with van der Waals surface area (Å²) in [5.74, 6) is 0.431. The number of carbonyl (C=O) groups is 1. The minimum Gasteiger partial charge on any atom is -0.487 e. The van der Waals surface area contributed by atoms with Crippen LogP contribution >= 0.6 is 0 Å². The van der Waals surface area contributed by atoms with E-state index in [4.69, 9.17) is 16.2 Å². The Morgan fingerprint density at radius 3 is 3.00 bits per heavy atom. The van der Waals surface area contributed by atoms with Crippen LogP contribution in [-0.2, 0) is 11.3 Å². The molecular formula is C12H17N3O2. The van der Waals surface area contributed by atoms with E-state index in [1.165, 1.54) is 0 Å². The van der Waals surface area contributed by atoms with Gasteiger partial charge in [0.05, 0.1) is 18.8 Å². The lowest BCUT2D eigenvalue weighted by Gasteiger charge is -2.34. The zero-order chi connectivity index (χ0) is 12.4. The highest BCUT2D eigenvalue weighted by atomic mass is 16.5. The van der Waals surface area contributed by atoms with Gasteiger partial charge in [0.25, 0.3) is 0 Å². The van der Waals surface area contributed by atoms with E-state index < -0.39 is 0 Å². The Balaban J connectivity index is 2.33. The summed E-state index contributed by atoms with van der Waals surface area (Å²) >= 11 is 0. The van der Waals surface area contributed by atoms with Crippen LogP contribution < -0.4 is 21.1 Å². The van der Waals surface area contributed by atoms with Gasteiger partial charge >= 0.3 is 0 Å². The Morgan fingerprint density at radius 1 is 1.59 bits per heavy atom. The summed E-state index contributed by atoms with van der Waals surface area (Å²) in [6.45, 7) is 3.31. The van der Waals surface area contributed by atoms with E-state index in [9.17, 15) is 4.79 Å². The number of carbonyl (C=O) groups excluding carboxylic acids is 1. The number of amides is 1. The van der Waals surface area contributed by atoms with Gasteiger partial charge in [-0.3, -0.25) is 4.79 Å². The van der Waals surface area contributed by atoms with Crippen molar-refractivity contribution in [3.63, 3.8) is 0 Å². The topological polar surface area (TPSA) is 81.6 Å². The van der Waals surface area contributed by atoms with E-state index in [1.807, 2.05) is 30.0 Å². The Kier molecular flexibility index (Phi) is 3.19. The zero-order valence-corrected chi connectivity index (χ0v) is 9.85. The maximum absolute atomic E-state index is 11.0. The van der Waals surface area contributed by atoms with Gasteiger partial charge in [-0.1, -0.05) is 6.07 Å². The molecule has 1 aliphatic heterocycles. The molecule has 0 saturated heterocycles. The van der Waals surface area contributed by atoms with Gasteiger partial charge in [0.2, 0.25) is 5.91 Å². The molecule has 0 bridgehead atoms. The van der Waals surface area contributed by atoms with Crippen LogP contribution in [0.2, 0.25) is 0 Å². The highest BCUT2D eigenvalue weighted by Crippen LogP contribution is 2.33. The standard InChI is InChI=1S/C12H17N3O2/c1-8-6-15(7-12(14)16)10-3-2-9(5-13)4-11(10)17-8/h2-4,8H,5-7,13H2,1H3,(H2,14,16). The highest BCUT2D eigenvalue weighted by molar-refractivity contribution is 5.80. The molecule has 92 valence electrons. The average molecular weight is 235 g/mol. The SMILES string of the molecule is CC1CN(CC(N)=O)c2ccc(CN)cc2O1. The van der Waals surface area contributed by atoms with Crippen molar-refractivity contribution in [3.8, 4) is 5.75 Å². The molecule has 1 aromatic rings. The second-order valence-corrected chi connectivity index (χ2v) is 4.28. The first-order valence-corrected chi connectivity index (χ1v) is 5.63. The molecule has 5 nitrogen and oxygen atoms in total. The van der Waals surface area contributed by atoms with Crippen molar-refractivity contribution in [1.82, 2.24) is 0 Å². The molecule has 1 aliphatic rings. The molecule has 4 N–H and O–H groups in total. The first-order valence-electron chi connectivity index (χ1n) is 5.63. The third-order valence-electron chi connectivity index (χ3n) is 2.75. The van der Waals surface area contributed by atoms with Crippen LogP contribution in [0.25, 0.3) is 0 Å². The van der Waals surface area contributed by atoms with Gasteiger partial charge in [-0.05, 0) is 24.6 Å². The number of nitrogens with two attached hydrogens (primary N) is 2. The minimum atomic E-state index is -0.340. The van der Waals surface area contributed by atoms with Crippen molar-refractivity contribution < 1.29 is 9.53 Å². The summed E-state index contributed by atoms with van der Waals surface area (Å²) in [5.41, 5.74) is 12.7. The summed E-state index contributed by atoms with van der Waals surface area (Å²) < 4.78 is 5.74. The van der Waals surface area contributed by atoms with Crippen molar-refractivity contribution in [3.05, 3.63) is 23.8 Å². The quantitative estimate of drug-likeness (QED) is 0.785. The number of rotatable bonds is 3. The summed E-state index contributed by atoms with van der Waals surface area (Å²) in [6, 6.07) is 5.78. The fourth-order valence-corrected chi connectivity index (χ4v) is 2.04. The minimum absolute atomic E-state index is 0.0369. The molecule has 5 heteroatoms. The van der Waals surface area contributed by atoms with Crippen molar-refractivity contribution in [2.75, 3.05) is 18.0 Å². The Bertz CT molecular complexity index is 434. The van der Waals surface area contributed by atoms with E-state index in [0.717, 1.165) is 17.0 Å². The Hall–Kier alpha value is -1.75. The fraction of sp³-hybridized carbons (Fsp3) is 0.417. The molecular weight excluding hydrogens is 218 g/mol. The number of benzene rings is 1. The predicted molar refractivity (Wildman–Crippen MR) is 65.8 cm³/mol. The van der Waals surface area contributed by atoms with Crippen LogP contribution in [0, 0.1) is 0 Å². The number of ether oxygens (including phenoxy) is 1. The van der Waals surface area contributed by atoms with E-state index >= 15 is 0 Å². The van der Waals surface area contributed by atoms with E-state index in [0.29, 0.717) is 13.1 Å². The van der Waals surface area contributed by atoms with Crippen LogP contribution in [0.15, 0.2) is 18.2 Å². The molecule has 1 aromatic carbocycles. The number of anilines is 1. The summed E-state index contributed by atoms with van der Waals surface area (Å²) in [4.78, 5) is 13.0. The van der Waals surface area contributed by atoms with Gasteiger partial charge in [0, 0.05) is 6.54 Å². The van der Waals surface area contributed by atoms with Crippen molar-refractivity contribution >= 4 is 11.6 Å². The number of fused-ring (bicyclic) bond motifs is 1. The van der Waals surface area contributed by atoms with Gasteiger partial charge in [-0.15, -0.1) is 0 Å². The van der Waals surface area contributed by atoms with Crippen LogP contribution in [0.3, 0.4) is 0 Å². The molecule has 2 rings (SSSR count). The van der Waals surface area contributed by atoms with Crippen LogP contribution in [0.4, 0.5) is 5.69 Å². The second kappa shape index (κ2) is 4.63. The maximum atomic E-state index is 11.0. The maximum Gasteiger partial charge on any atom is 0.236 e. The Labute approximate surface area is 100 Å². The smallest absolute Gasteiger partial charge is 0.236 e. The lowest BCUT2D eigenvalue weighted by atomic mass is 10.1. The van der Waals surface area contributed by atoms with E-state index in [-0.39, 0.29) is 18.6 Å². The molecule has 1 heterocycles. The van der Waals surface area contributed by atoms with Crippen molar-refractivity contribution in [2.45, 2.75) is 19.6 Å². The van der Waals surface area contributed by atoms with Gasteiger partial charge in [-0.2, -0.15) is 0 Å². The predicted octanol–water partition coefficient (Wildman–Crippen LogP) is 0.218. The lowest BCUT2D eigenvalue weighted by molar-refractivity contribution is -0.116. The normalized spacial score (nSPS) is 18.5. The summed E-state index contributed by atoms with van der Waals surface area (Å²) in [5, 5.41) is 0. The van der Waals surface area contributed by atoms with Gasteiger partial charge < -0.3 is 21.1 Å². The highest BCUT2D eigenvalue weighted by Gasteiger charge is 2.23. The summed E-state index contributed by atoms with van der Waals surface area (Å²) in [7, 11) is 0. The first kappa shape index (κ1) is 11.7. The largest absolute Gasteiger partial charge is 0.487 e. The summed E-state index contributed by atoms with van der Waals surface area (Å²) in [6.07, 6.45) is 0.0369. The van der Waals surface area contributed by atoms with Crippen molar-refractivity contribution in [1.29, 1.82) is 0 Å². The molecule has 0 aromatic heterocycles. The molecule has 1 amide bonds. The van der Waals surface area contributed by atoms with Crippen LogP contribution in [0.1, 0.15) is 12.5 Å². The van der Waals surface area contributed by atoms with E-state index in [2.05, 4.69) is 0 Å². The van der Waals surface area contributed by atoms with Gasteiger partial charge in [0.15, 0.2) is 0 Å². The number of hydrogen-bond acceptors (Lipinski definition) is 4. The van der Waals surface area contributed by atoms with Crippen molar-refractivity contribution in [2.24, 2.45) is 11.5 Å². The average Bonchev–Trinajstić information content (AvgIpc) is 2.27. The third-order valence-corrected chi connectivity index (χ3v) is 2.75. The lowest BCUT2D eigenvalue weighted by Crippen LogP contribution is -2.43. The molecule has 0 saturated carbocycles. The molecule has 1 atom stereocenters. The molecule has 0 spiro atoms. The molecule has 17 heavy (non-hydrogen) atoms. The molecule has 0 radical (unpaired) electrons. The number of nitrogens with zero attached hydrogens (tertiary/aromatic N) is 1. The van der Waals surface area contributed by atoms with Gasteiger partial charge in [-0.25, -0.2) is 0 Å². The van der Waals surface area contributed by atoms with Gasteiger partial charge in [0.1, 0.15) is 11.9 Å². The number of primary amides is 1. The first-order chi connectivity index (χ1) is 8.10. The third kappa shape index (κ3) is 2.50. The molecule has 1 unspecified atom stereocenters. The monoisotopic (exact) mass is 235 g/mol. The molecule has 0 aliphatic carbocycles. The Morgan fingerprint density at radius 2 is 2.35 bits per heavy atom. The number of hydrogen-bond donors (Lipinski definition) is 2. The van der Waals surface area contributed by atoms with Crippen LogP contribution in [-0.4, -0.2) is 25.1 Å². The van der Waals surface area contributed by atoms with E-state index in [1.54, 1.807) is 0 Å². The second-order valence-electron chi connectivity index (χ2n) is 4.28. The fourth-order valence-electron chi connectivity index (χ4n) is 2.04.